The lowest BCUT2D eigenvalue weighted by atomic mass is 10.2. The van der Waals surface area contributed by atoms with Gasteiger partial charge in [0.2, 0.25) is 26.0 Å². The van der Waals surface area contributed by atoms with Crippen LogP contribution in [-0.2, 0) is 24.8 Å². The van der Waals surface area contributed by atoms with Crippen LogP contribution in [0, 0.1) is 0 Å². The van der Waals surface area contributed by atoms with Crippen LogP contribution < -0.4 is 10.0 Å². The second-order valence-corrected chi connectivity index (χ2v) is 10.8. The first-order valence-corrected chi connectivity index (χ1v) is 12.2. The summed E-state index contributed by atoms with van der Waals surface area (Å²) in [5, 5.41) is 2.67. The number of carbonyl (C=O) groups is 1. The van der Waals surface area contributed by atoms with Crippen LogP contribution in [0.1, 0.15) is 39.0 Å². The molecule has 1 aromatic carbocycles. The van der Waals surface area contributed by atoms with E-state index in [1.165, 1.54) is 16.4 Å². The normalized spacial score (nSPS) is 21.3. The molecule has 0 aromatic heterocycles. The van der Waals surface area contributed by atoms with Crippen molar-refractivity contribution in [2.24, 2.45) is 0 Å². The number of sulfonamides is 2. The molecule has 0 spiro atoms. The predicted octanol–water partition coefficient (Wildman–Crippen LogP) is 1.27. The van der Waals surface area contributed by atoms with Crippen molar-refractivity contribution in [2.45, 2.75) is 56.0 Å². The maximum atomic E-state index is 12.6. The summed E-state index contributed by atoms with van der Waals surface area (Å²) in [6, 6.07) is 5.23. The number of hydrogen-bond acceptors (Lipinski definition) is 5. The molecule has 0 radical (unpaired) electrons. The van der Waals surface area contributed by atoms with E-state index < -0.39 is 32.0 Å². The van der Waals surface area contributed by atoms with Crippen LogP contribution >= 0.6 is 0 Å². The first-order valence-electron chi connectivity index (χ1n) is 9.16. The highest BCUT2D eigenvalue weighted by Crippen LogP contribution is 2.25. The average molecular weight is 416 g/mol. The molecular weight excluding hydrogens is 390 g/mol. The highest BCUT2D eigenvalue weighted by atomic mass is 32.2. The molecule has 2 fully saturated rings. The van der Waals surface area contributed by atoms with Crippen molar-refractivity contribution >= 4 is 31.6 Å². The number of nitrogens with zero attached hydrogens (tertiary/aromatic N) is 1. The Morgan fingerprint density at radius 1 is 1.19 bits per heavy atom. The van der Waals surface area contributed by atoms with Gasteiger partial charge in [-0.05, 0) is 50.3 Å². The summed E-state index contributed by atoms with van der Waals surface area (Å²) in [5.41, 5.74) is 0.332. The van der Waals surface area contributed by atoms with E-state index in [0.29, 0.717) is 31.5 Å². The number of carbonyl (C=O) groups excluding carboxylic acids is 1. The minimum atomic E-state index is -3.62. The second kappa shape index (κ2) is 7.86. The molecule has 3 rings (SSSR count). The van der Waals surface area contributed by atoms with Crippen LogP contribution in [-0.4, -0.2) is 51.4 Å². The Morgan fingerprint density at radius 3 is 2.59 bits per heavy atom. The van der Waals surface area contributed by atoms with Crippen molar-refractivity contribution in [3.8, 4) is 0 Å². The van der Waals surface area contributed by atoms with Gasteiger partial charge >= 0.3 is 0 Å². The highest BCUT2D eigenvalue weighted by molar-refractivity contribution is 7.89. The summed E-state index contributed by atoms with van der Waals surface area (Å²) in [6.07, 6.45) is 3.23. The van der Waals surface area contributed by atoms with Crippen molar-refractivity contribution in [3.05, 3.63) is 24.3 Å². The van der Waals surface area contributed by atoms with Gasteiger partial charge in [0.15, 0.2) is 0 Å². The Labute approximate surface area is 160 Å². The standard InChI is InChI=1S/C17H25N3O5S2/c1-2-11-26(22,23)20-10-4-7-16(20)17(21)18-14-5-3-6-15(12-14)27(24,25)19-13-8-9-13/h3,5-6,12-13,16,19H,2,4,7-11H2,1H3,(H,18,21)/t16-/m1/s1. The third-order valence-electron chi connectivity index (χ3n) is 4.64. The lowest BCUT2D eigenvalue weighted by Crippen LogP contribution is -2.44. The lowest BCUT2D eigenvalue weighted by Gasteiger charge is -2.23. The van der Waals surface area contributed by atoms with E-state index in [1.807, 2.05) is 0 Å². The molecule has 27 heavy (non-hydrogen) atoms. The molecule has 0 unspecified atom stereocenters. The van der Waals surface area contributed by atoms with E-state index in [2.05, 4.69) is 10.0 Å². The van der Waals surface area contributed by atoms with Crippen LogP contribution in [0.3, 0.4) is 0 Å². The van der Waals surface area contributed by atoms with E-state index in [-0.39, 0.29) is 16.7 Å². The van der Waals surface area contributed by atoms with Crippen LogP contribution in [0.15, 0.2) is 29.2 Å². The molecular formula is C17H25N3O5S2. The first kappa shape index (κ1) is 20.2. The third kappa shape index (κ3) is 4.87. The van der Waals surface area contributed by atoms with Gasteiger partial charge in [-0.25, -0.2) is 21.6 Å². The molecule has 10 heteroatoms. The van der Waals surface area contributed by atoms with Crippen molar-refractivity contribution < 1.29 is 21.6 Å². The summed E-state index contributed by atoms with van der Waals surface area (Å²) in [7, 11) is -7.09. The molecule has 2 N–H and O–H groups in total. The zero-order valence-electron chi connectivity index (χ0n) is 15.2. The maximum absolute atomic E-state index is 12.6. The Bertz CT molecular complexity index is 910. The molecule has 1 heterocycles. The number of nitrogens with one attached hydrogen (secondary N) is 2. The number of benzene rings is 1. The molecule has 2 aliphatic rings. The topological polar surface area (TPSA) is 113 Å². The largest absolute Gasteiger partial charge is 0.325 e. The predicted molar refractivity (Wildman–Crippen MR) is 102 cm³/mol. The van der Waals surface area contributed by atoms with Gasteiger partial charge in [-0.15, -0.1) is 0 Å². The van der Waals surface area contributed by atoms with E-state index in [9.17, 15) is 21.6 Å². The first-order chi connectivity index (χ1) is 12.7. The molecule has 1 aliphatic carbocycles. The monoisotopic (exact) mass is 415 g/mol. The smallest absolute Gasteiger partial charge is 0.242 e. The van der Waals surface area contributed by atoms with Crippen molar-refractivity contribution in [3.63, 3.8) is 0 Å². The highest BCUT2D eigenvalue weighted by Gasteiger charge is 2.38. The van der Waals surface area contributed by atoms with Gasteiger partial charge in [-0.3, -0.25) is 4.79 Å². The molecule has 1 saturated heterocycles. The molecule has 1 aromatic rings. The molecule has 1 amide bonds. The number of hydrogen-bond donors (Lipinski definition) is 2. The minimum Gasteiger partial charge on any atom is -0.325 e. The fourth-order valence-corrected chi connectivity index (χ4v) is 6.26. The van der Waals surface area contributed by atoms with Crippen molar-refractivity contribution in [2.75, 3.05) is 17.6 Å². The van der Waals surface area contributed by atoms with Gasteiger partial charge in [0.1, 0.15) is 6.04 Å². The molecule has 8 nitrogen and oxygen atoms in total. The van der Waals surface area contributed by atoms with E-state index in [0.717, 1.165) is 12.8 Å². The number of anilines is 1. The van der Waals surface area contributed by atoms with Gasteiger partial charge in [0.05, 0.1) is 10.6 Å². The Morgan fingerprint density at radius 2 is 1.93 bits per heavy atom. The number of amides is 1. The molecule has 1 aliphatic heterocycles. The van der Waals surface area contributed by atoms with Crippen LogP contribution in [0.25, 0.3) is 0 Å². The third-order valence-corrected chi connectivity index (χ3v) is 8.23. The fourth-order valence-electron chi connectivity index (χ4n) is 3.17. The van der Waals surface area contributed by atoms with E-state index in [1.54, 1.807) is 19.1 Å². The van der Waals surface area contributed by atoms with E-state index in [4.69, 9.17) is 0 Å². The SMILES string of the molecule is CCCS(=O)(=O)N1CCC[C@@H]1C(=O)Nc1cccc(S(=O)(=O)NC2CC2)c1. The van der Waals surface area contributed by atoms with Gasteiger partial charge in [-0.1, -0.05) is 13.0 Å². The van der Waals surface area contributed by atoms with Crippen molar-refractivity contribution in [1.29, 1.82) is 0 Å². The summed E-state index contributed by atoms with van der Waals surface area (Å²) in [4.78, 5) is 12.7. The second-order valence-electron chi connectivity index (χ2n) is 7.00. The van der Waals surface area contributed by atoms with Crippen molar-refractivity contribution in [1.82, 2.24) is 9.03 Å². The summed E-state index contributed by atoms with van der Waals surface area (Å²) in [6.45, 7) is 2.12. The lowest BCUT2D eigenvalue weighted by molar-refractivity contribution is -0.119. The Kier molecular flexibility index (Phi) is 5.90. The zero-order chi connectivity index (χ0) is 19.7. The van der Waals surface area contributed by atoms with Crippen LogP contribution in [0.5, 0.6) is 0 Å². The molecule has 0 bridgehead atoms. The van der Waals surface area contributed by atoms with E-state index >= 15 is 0 Å². The van der Waals surface area contributed by atoms with Gasteiger partial charge in [-0.2, -0.15) is 4.31 Å². The minimum absolute atomic E-state index is 0.0101. The Balaban J connectivity index is 1.73. The zero-order valence-corrected chi connectivity index (χ0v) is 16.9. The Hall–Kier alpha value is -1.49. The number of rotatable bonds is 8. The molecule has 1 atom stereocenters. The van der Waals surface area contributed by atoms with Gasteiger partial charge in [0, 0.05) is 18.3 Å². The maximum Gasteiger partial charge on any atom is 0.242 e. The molecule has 1 saturated carbocycles. The quantitative estimate of drug-likeness (QED) is 0.664. The average Bonchev–Trinajstić information content (AvgIpc) is 3.24. The summed E-state index contributed by atoms with van der Waals surface area (Å²) < 4.78 is 53.2. The van der Waals surface area contributed by atoms with Crippen LogP contribution in [0.4, 0.5) is 5.69 Å². The summed E-state index contributed by atoms with van der Waals surface area (Å²) >= 11 is 0. The van der Waals surface area contributed by atoms with Gasteiger partial charge < -0.3 is 5.32 Å². The van der Waals surface area contributed by atoms with Crippen LogP contribution in [0.2, 0.25) is 0 Å². The fraction of sp³-hybridized carbons (Fsp3) is 0.588. The summed E-state index contributed by atoms with van der Waals surface area (Å²) in [5.74, 6) is -0.422. The van der Waals surface area contributed by atoms with Gasteiger partial charge in [0.25, 0.3) is 0 Å². The molecule has 150 valence electrons.